The Hall–Kier alpha value is -1.59. The molecule has 3 aromatic rings. The van der Waals surface area contributed by atoms with E-state index >= 15 is 0 Å². The number of hydrogen-bond donors (Lipinski definition) is 0. The number of benzene rings is 3. The van der Waals surface area contributed by atoms with Crippen LogP contribution in [0.4, 0.5) is 0 Å². The van der Waals surface area contributed by atoms with E-state index in [1.54, 1.807) is 0 Å². The van der Waals surface area contributed by atoms with Crippen LogP contribution in [0, 0.1) is 0 Å². The van der Waals surface area contributed by atoms with Crippen molar-refractivity contribution >= 4 is 45.7 Å². The molecule has 26 heavy (non-hydrogen) atoms. The Morgan fingerprint density at radius 1 is 0.615 bits per heavy atom. The van der Waals surface area contributed by atoms with Crippen molar-refractivity contribution in [2.45, 2.75) is 12.8 Å². The van der Waals surface area contributed by atoms with Crippen LogP contribution in [0.3, 0.4) is 0 Å². The van der Waals surface area contributed by atoms with Crippen molar-refractivity contribution < 1.29 is 0 Å². The minimum atomic E-state index is -2.71. The van der Waals surface area contributed by atoms with E-state index in [1.165, 1.54) is 22.3 Å². The summed E-state index contributed by atoms with van der Waals surface area (Å²) >= 11 is 12.5. The Kier molecular flexibility index (Phi) is 4.70. The average molecular weight is 399 g/mol. The summed E-state index contributed by atoms with van der Waals surface area (Å²) in [7, 11) is 0. The summed E-state index contributed by atoms with van der Waals surface area (Å²) in [5, 5.41) is 5.68. The first-order valence-electron chi connectivity index (χ1n) is 8.92. The third-order valence-electron chi connectivity index (χ3n) is 5.61. The van der Waals surface area contributed by atoms with E-state index in [4.69, 9.17) is 23.2 Å². The third kappa shape index (κ3) is 2.64. The van der Waals surface area contributed by atoms with E-state index in [0.29, 0.717) is 0 Å². The monoisotopic (exact) mass is 398 g/mol. The van der Waals surface area contributed by atoms with Crippen LogP contribution in [0.2, 0.25) is 10.0 Å². The number of halogens is 2. The van der Waals surface area contributed by atoms with E-state index in [1.807, 2.05) is 24.3 Å². The van der Waals surface area contributed by atoms with Crippen molar-refractivity contribution in [1.29, 1.82) is 0 Å². The Labute approximate surface area is 165 Å². The quantitative estimate of drug-likeness (QED) is 0.465. The Morgan fingerprint density at radius 2 is 1.12 bits per heavy atom. The van der Waals surface area contributed by atoms with Gasteiger partial charge in [-0.05, 0) is 0 Å². The molecule has 3 heteroatoms. The van der Waals surface area contributed by atoms with E-state index in [-0.39, 0.29) is 0 Å². The molecule has 3 aromatic carbocycles. The van der Waals surface area contributed by atoms with Gasteiger partial charge in [-0.25, -0.2) is 0 Å². The predicted octanol–water partition coefficient (Wildman–Crippen LogP) is 6.13. The molecule has 0 fully saturated rings. The summed E-state index contributed by atoms with van der Waals surface area (Å²) in [6.45, 7) is -2.71. The molecular formula is C23H21Cl2P. The standard InChI is InChI=1S/C23H21Cl2P/c24-19-9-13-22(14-10-19)26(17-5-2-6-18-26,21-7-3-1-4-8-21)23-15-11-20(25)12-16-23/h1,3-5,7-17H,2,6,18H2. The van der Waals surface area contributed by atoms with Crippen molar-refractivity contribution in [3.63, 3.8) is 0 Å². The summed E-state index contributed by atoms with van der Waals surface area (Å²) < 4.78 is 0. The van der Waals surface area contributed by atoms with E-state index in [0.717, 1.165) is 22.6 Å². The van der Waals surface area contributed by atoms with Crippen molar-refractivity contribution in [2.75, 3.05) is 6.16 Å². The van der Waals surface area contributed by atoms with Gasteiger partial charge in [-0.15, -0.1) is 0 Å². The molecule has 1 aliphatic heterocycles. The second kappa shape index (κ2) is 6.86. The van der Waals surface area contributed by atoms with Crippen LogP contribution in [0.15, 0.2) is 90.8 Å². The molecule has 0 amide bonds. The van der Waals surface area contributed by atoms with Crippen LogP contribution in [0.5, 0.6) is 0 Å². The van der Waals surface area contributed by atoms with Crippen molar-refractivity contribution in [3.8, 4) is 0 Å². The van der Waals surface area contributed by atoms with Crippen LogP contribution in [0.1, 0.15) is 12.8 Å². The van der Waals surface area contributed by atoms with Gasteiger partial charge in [-0.1, -0.05) is 0 Å². The zero-order valence-electron chi connectivity index (χ0n) is 14.5. The summed E-state index contributed by atoms with van der Waals surface area (Å²) in [4.78, 5) is 0. The summed E-state index contributed by atoms with van der Waals surface area (Å²) in [5.41, 5.74) is 0. The molecule has 1 aliphatic rings. The molecule has 0 nitrogen and oxygen atoms in total. The van der Waals surface area contributed by atoms with Crippen LogP contribution < -0.4 is 15.9 Å². The van der Waals surface area contributed by atoms with Gasteiger partial charge in [0.2, 0.25) is 0 Å². The maximum absolute atomic E-state index is 6.23. The van der Waals surface area contributed by atoms with Crippen molar-refractivity contribution in [2.24, 2.45) is 0 Å². The second-order valence-corrected chi connectivity index (χ2v) is 12.8. The van der Waals surface area contributed by atoms with Crippen LogP contribution in [0.25, 0.3) is 0 Å². The Morgan fingerprint density at radius 3 is 1.58 bits per heavy atom. The topological polar surface area (TPSA) is 0 Å². The van der Waals surface area contributed by atoms with Crippen molar-refractivity contribution in [1.82, 2.24) is 0 Å². The molecule has 0 aliphatic carbocycles. The molecule has 0 radical (unpaired) electrons. The van der Waals surface area contributed by atoms with Gasteiger partial charge in [0.15, 0.2) is 0 Å². The molecule has 0 spiro atoms. The average Bonchev–Trinajstić information content (AvgIpc) is 2.70. The zero-order valence-corrected chi connectivity index (χ0v) is 16.9. The van der Waals surface area contributed by atoms with Crippen LogP contribution in [-0.2, 0) is 0 Å². The Bertz CT molecular complexity index is 883. The summed E-state index contributed by atoms with van der Waals surface area (Å²) in [5.74, 6) is 2.52. The molecule has 132 valence electrons. The number of hydrogen-bond acceptors (Lipinski definition) is 0. The van der Waals surface area contributed by atoms with Crippen LogP contribution in [-0.4, -0.2) is 6.16 Å². The fourth-order valence-corrected chi connectivity index (χ4v) is 10.9. The Balaban J connectivity index is 2.14. The first kappa shape index (κ1) is 17.8. The second-order valence-electron chi connectivity index (χ2n) is 6.92. The van der Waals surface area contributed by atoms with Gasteiger partial charge in [0.1, 0.15) is 0 Å². The molecule has 0 bridgehead atoms. The zero-order chi connectivity index (χ0) is 18.1. The van der Waals surface area contributed by atoms with Crippen molar-refractivity contribution in [3.05, 3.63) is 101 Å². The van der Waals surface area contributed by atoms with Gasteiger partial charge < -0.3 is 0 Å². The molecule has 0 N–H and O–H groups in total. The van der Waals surface area contributed by atoms with Gasteiger partial charge in [0.05, 0.1) is 0 Å². The molecule has 0 saturated carbocycles. The SMILES string of the molecule is Clc1ccc(P2(c3ccccc3)(c3ccc(Cl)cc3)C=CCCC2)cc1. The fraction of sp³-hybridized carbons (Fsp3) is 0.130. The summed E-state index contributed by atoms with van der Waals surface area (Å²) in [6.07, 6.45) is 5.81. The molecule has 0 atom stereocenters. The van der Waals surface area contributed by atoms with Gasteiger partial charge in [0.25, 0.3) is 0 Å². The first-order chi connectivity index (χ1) is 12.6. The minimum absolute atomic E-state index is 0.774. The first-order valence-corrected chi connectivity index (χ1v) is 12.2. The molecule has 1 heterocycles. The third-order valence-corrected chi connectivity index (χ3v) is 12.7. The van der Waals surface area contributed by atoms with E-state index in [9.17, 15) is 0 Å². The molecule has 0 saturated heterocycles. The number of allylic oxidation sites excluding steroid dienone is 1. The van der Waals surface area contributed by atoms with Crippen LogP contribution >= 0.6 is 29.8 Å². The van der Waals surface area contributed by atoms with Gasteiger partial charge in [0, 0.05) is 0 Å². The van der Waals surface area contributed by atoms with Gasteiger partial charge in [-0.2, -0.15) is 0 Å². The van der Waals surface area contributed by atoms with Gasteiger partial charge >= 0.3 is 166 Å². The summed E-state index contributed by atoms with van der Waals surface area (Å²) in [6, 6.07) is 27.9. The molecule has 0 aromatic heterocycles. The van der Waals surface area contributed by atoms with E-state index in [2.05, 4.69) is 66.5 Å². The normalized spacial score (nSPS) is 19.4. The molecular weight excluding hydrogens is 378 g/mol. The molecule has 0 unspecified atom stereocenters. The maximum atomic E-state index is 6.23. The number of rotatable bonds is 3. The van der Waals surface area contributed by atoms with Gasteiger partial charge in [-0.3, -0.25) is 0 Å². The predicted molar refractivity (Wildman–Crippen MR) is 118 cm³/mol. The fourth-order valence-electron chi connectivity index (χ4n) is 4.34. The van der Waals surface area contributed by atoms with E-state index < -0.39 is 6.60 Å². The molecule has 4 rings (SSSR count).